The number of carbonyl (C=O) groups excluding carboxylic acids is 1. The summed E-state index contributed by atoms with van der Waals surface area (Å²) in [6, 6.07) is 2.35. The number of ether oxygens (including phenoxy) is 1. The van der Waals surface area contributed by atoms with Crippen molar-refractivity contribution in [3.05, 3.63) is 33.6 Å². The van der Waals surface area contributed by atoms with E-state index < -0.39 is 11.9 Å². The lowest BCUT2D eigenvalue weighted by atomic mass is 9.76. The van der Waals surface area contributed by atoms with E-state index in [1.54, 1.807) is 0 Å². The van der Waals surface area contributed by atoms with Gasteiger partial charge in [0.25, 0.3) is 0 Å². The van der Waals surface area contributed by atoms with E-state index >= 15 is 0 Å². The van der Waals surface area contributed by atoms with Crippen LogP contribution in [0.25, 0.3) is 0 Å². The Labute approximate surface area is 169 Å². The molecule has 4 rings (SSSR count). The number of halogens is 3. The van der Waals surface area contributed by atoms with Gasteiger partial charge in [-0.15, -0.1) is 0 Å². The standard InChI is InChI=1S/C21H26Cl2FNO2/c1-20(6-2-3-7-20)18(16-15(24)5-4-14(22)17(16)23)25-19(26)13-12-21(13)8-10-27-11-9-21/h4-5,13,18H,2-3,6-12H2,1H3,(H,25,26)/t13?,18-/m1/s1. The molecule has 1 N–H and O–H groups in total. The zero-order chi connectivity index (χ0) is 19.2. The molecule has 0 bridgehead atoms. The molecule has 148 valence electrons. The van der Waals surface area contributed by atoms with Gasteiger partial charge in [-0.25, -0.2) is 4.39 Å². The maximum atomic E-state index is 14.8. The van der Waals surface area contributed by atoms with Crippen molar-refractivity contribution in [2.24, 2.45) is 16.7 Å². The van der Waals surface area contributed by atoms with Crippen LogP contribution in [-0.2, 0) is 9.53 Å². The summed E-state index contributed by atoms with van der Waals surface area (Å²) in [5, 5.41) is 3.73. The van der Waals surface area contributed by atoms with Crippen LogP contribution in [0.2, 0.25) is 10.0 Å². The van der Waals surface area contributed by atoms with E-state index in [9.17, 15) is 9.18 Å². The molecule has 6 heteroatoms. The van der Waals surface area contributed by atoms with Gasteiger partial charge in [0.1, 0.15) is 5.82 Å². The summed E-state index contributed by atoms with van der Waals surface area (Å²) in [5.74, 6) is -0.389. The van der Waals surface area contributed by atoms with Gasteiger partial charge in [-0.05, 0) is 55.1 Å². The highest BCUT2D eigenvalue weighted by atomic mass is 35.5. The Hall–Kier alpha value is -0.840. The van der Waals surface area contributed by atoms with Gasteiger partial charge in [0.15, 0.2) is 0 Å². The van der Waals surface area contributed by atoms with E-state index in [4.69, 9.17) is 27.9 Å². The first-order valence-corrected chi connectivity index (χ1v) is 10.6. The number of rotatable bonds is 4. The first-order chi connectivity index (χ1) is 12.9. The summed E-state index contributed by atoms with van der Waals surface area (Å²) in [6.45, 7) is 3.57. The average Bonchev–Trinajstić information content (AvgIpc) is 3.14. The van der Waals surface area contributed by atoms with Crippen LogP contribution in [0, 0.1) is 22.6 Å². The molecule has 3 fully saturated rings. The van der Waals surface area contributed by atoms with E-state index in [1.165, 1.54) is 12.1 Å². The van der Waals surface area contributed by atoms with Crippen LogP contribution in [0.15, 0.2) is 12.1 Å². The van der Waals surface area contributed by atoms with Gasteiger partial charge in [-0.2, -0.15) is 0 Å². The molecule has 1 aliphatic heterocycles. The van der Waals surface area contributed by atoms with Crippen LogP contribution in [0.4, 0.5) is 4.39 Å². The van der Waals surface area contributed by atoms with Crippen molar-refractivity contribution in [1.82, 2.24) is 5.32 Å². The van der Waals surface area contributed by atoms with Gasteiger partial charge in [-0.3, -0.25) is 4.79 Å². The van der Waals surface area contributed by atoms with Crippen molar-refractivity contribution in [2.45, 2.75) is 57.9 Å². The minimum absolute atomic E-state index is 0.00470. The van der Waals surface area contributed by atoms with Gasteiger partial charge in [-0.1, -0.05) is 43.0 Å². The van der Waals surface area contributed by atoms with Crippen LogP contribution >= 0.6 is 23.2 Å². The Balaban J connectivity index is 1.62. The first-order valence-electron chi connectivity index (χ1n) is 9.88. The van der Waals surface area contributed by atoms with Crippen LogP contribution < -0.4 is 5.32 Å². The fourth-order valence-electron chi connectivity index (χ4n) is 5.17. The van der Waals surface area contributed by atoms with E-state index in [0.29, 0.717) is 10.6 Å². The number of carbonyl (C=O) groups is 1. The predicted molar refractivity (Wildman–Crippen MR) is 104 cm³/mol. The molecule has 1 aromatic carbocycles. The Morgan fingerprint density at radius 1 is 1.22 bits per heavy atom. The minimum atomic E-state index is -0.462. The molecule has 3 nitrogen and oxygen atoms in total. The van der Waals surface area contributed by atoms with Gasteiger partial charge in [0.05, 0.1) is 16.1 Å². The summed E-state index contributed by atoms with van der Waals surface area (Å²) in [4.78, 5) is 13.1. The number of amides is 1. The van der Waals surface area contributed by atoms with Crippen molar-refractivity contribution in [3.8, 4) is 0 Å². The van der Waals surface area contributed by atoms with Crippen molar-refractivity contribution >= 4 is 29.1 Å². The molecule has 1 heterocycles. The van der Waals surface area contributed by atoms with Crippen molar-refractivity contribution < 1.29 is 13.9 Å². The SMILES string of the molecule is CC1([C@H](NC(=O)C2CC23CCOCC3)c2c(F)ccc(Cl)c2Cl)CCCC1. The van der Waals surface area contributed by atoms with Crippen molar-refractivity contribution in [1.29, 1.82) is 0 Å². The van der Waals surface area contributed by atoms with Crippen molar-refractivity contribution in [3.63, 3.8) is 0 Å². The average molecular weight is 414 g/mol. The van der Waals surface area contributed by atoms with Gasteiger partial charge < -0.3 is 10.1 Å². The smallest absolute Gasteiger partial charge is 0.224 e. The maximum Gasteiger partial charge on any atom is 0.224 e. The van der Waals surface area contributed by atoms with Gasteiger partial charge >= 0.3 is 0 Å². The summed E-state index contributed by atoms with van der Waals surface area (Å²) >= 11 is 12.6. The molecule has 2 aliphatic carbocycles. The lowest BCUT2D eigenvalue weighted by molar-refractivity contribution is -0.125. The normalized spacial score (nSPS) is 26.7. The number of benzene rings is 1. The first kappa shape index (κ1) is 19.5. The third kappa shape index (κ3) is 3.49. The Kier molecular flexibility index (Phi) is 5.19. The van der Waals surface area contributed by atoms with E-state index in [1.807, 2.05) is 0 Å². The van der Waals surface area contributed by atoms with E-state index in [-0.39, 0.29) is 27.7 Å². The fraction of sp³-hybridized carbons (Fsp3) is 0.667. The zero-order valence-electron chi connectivity index (χ0n) is 15.6. The summed E-state index contributed by atoms with van der Waals surface area (Å²) in [5.41, 5.74) is 0.200. The Morgan fingerprint density at radius 3 is 2.56 bits per heavy atom. The quantitative estimate of drug-likeness (QED) is 0.643. The van der Waals surface area contributed by atoms with Gasteiger partial charge in [0.2, 0.25) is 5.91 Å². The maximum absolute atomic E-state index is 14.8. The zero-order valence-corrected chi connectivity index (χ0v) is 17.1. The summed E-state index contributed by atoms with van der Waals surface area (Å²) < 4.78 is 20.3. The summed E-state index contributed by atoms with van der Waals surface area (Å²) in [7, 11) is 0. The molecule has 3 aliphatic rings. The van der Waals surface area contributed by atoms with Crippen LogP contribution in [0.5, 0.6) is 0 Å². The largest absolute Gasteiger partial charge is 0.381 e. The third-order valence-electron chi connectivity index (χ3n) is 7.09. The second-order valence-electron chi connectivity index (χ2n) is 8.79. The second-order valence-corrected chi connectivity index (χ2v) is 9.58. The van der Waals surface area contributed by atoms with Crippen LogP contribution in [0.3, 0.4) is 0 Å². The third-order valence-corrected chi connectivity index (χ3v) is 7.91. The van der Waals surface area contributed by atoms with Crippen molar-refractivity contribution in [2.75, 3.05) is 13.2 Å². The lowest BCUT2D eigenvalue weighted by Gasteiger charge is -2.36. The molecule has 2 atom stereocenters. The van der Waals surface area contributed by atoms with E-state index in [2.05, 4.69) is 12.2 Å². The van der Waals surface area contributed by atoms with Gasteiger partial charge in [0, 0.05) is 24.7 Å². The van der Waals surface area contributed by atoms with E-state index in [0.717, 1.165) is 58.2 Å². The molecule has 0 radical (unpaired) electrons. The fourth-order valence-corrected chi connectivity index (χ4v) is 5.59. The number of hydrogen-bond acceptors (Lipinski definition) is 2. The molecule has 1 saturated heterocycles. The molecule has 1 unspecified atom stereocenters. The van der Waals surface area contributed by atoms with Crippen LogP contribution in [-0.4, -0.2) is 19.1 Å². The Morgan fingerprint density at radius 2 is 1.89 bits per heavy atom. The molecule has 2 saturated carbocycles. The van der Waals surface area contributed by atoms with Crippen LogP contribution in [0.1, 0.15) is 63.5 Å². The molecule has 1 amide bonds. The second kappa shape index (κ2) is 7.20. The monoisotopic (exact) mass is 413 g/mol. The molecule has 0 aromatic heterocycles. The molecular weight excluding hydrogens is 388 g/mol. The molecule has 27 heavy (non-hydrogen) atoms. The lowest BCUT2D eigenvalue weighted by Crippen LogP contribution is -2.40. The number of hydrogen-bond donors (Lipinski definition) is 1. The highest BCUT2D eigenvalue weighted by Gasteiger charge is 2.58. The number of nitrogens with one attached hydrogen (secondary N) is 1. The Bertz CT molecular complexity index is 742. The highest BCUT2D eigenvalue weighted by Crippen LogP contribution is 2.60. The minimum Gasteiger partial charge on any atom is -0.381 e. The molecular formula is C21H26Cl2FNO2. The molecule has 1 spiro atoms. The molecule has 1 aromatic rings. The topological polar surface area (TPSA) is 38.3 Å². The predicted octanol–water partition coefficient (Wildman–Crippen LogP) is 5.69. The highest BCUT2D eigenvalue weighted by molar-refractivity contribution is 6.42. The summed E-state index contributed by atoms with van der Waals surface area (Å²) in [6.07, 6.45) is 6.78.